The van der Waals surface area contributed by atoms with Gasteiger partial charge in [0.05, 0.1) is 27.3 Å². The van der Waals surface area contributed by atoms with Crippen LogP contribution in [0.25, 0.3) is 33.5 Å². The predicted octanol–water partition coefficient (Wildman–Crippen LogP) is 5.40. The maximum Gasteiger partial charge on any atom is 0.282 e. The first kappa shape index (κ1) is 21.2. The number of para-hydroxylation sites is 2. The van der Waals surface area contributed by atoms with Crippen LogP contribution in [0.3, 0.4) is 0 Å². The summed E-state index contributed by atoms with van der Waals surface area (Å²) in [6.45, 7) is 2.25. The number of benzene rings is 3. The van der Waals surface area contributed by atoms with Gasteiger partial charge in [-0.3, -0.25) is 4.79 Å². The number of phenols is 1. The minimum Gasteiger partial charge on any atom is -0.504 e. The van der Waals surface area contributed by atoms with E-state index in [-0.39, 0.29) is 11.3 Å². The number of hydrogen-bond donors (Lipinski definition) is 1. The first-order valence-electron chi connectivity index (χ1n) is 10.3. The summed E-state index contributed by atoms with van der Waals surface area (Å²) in [5, 5.41) is 16.0. The molecule has 33 heavy (non-hydrogen) atoms. The molecule has 0 saturated carbocycles. The maximum atomic E-state index is 13.4. The Morgan fingerprint density at radius 3 is 2.76 bits per heavy atom. The van der Waals surface area contributed by atoms with Gasteiger partial charge >= 0.3 is 0 Å². The van der Waals surface area contributed by atoms with Gasteiger partial charge in [-0.05, 0) is 71.5 Å². The summed E-state index contributed by atoms with van der Waals surface area (Å²) in [5.41, 5.74) is 1.60. The van der Waals surface area contributed by atoms with Crippen molar-refractivity contribution < 1.29 is 14.3 Å². The molecule has 164 valence electrons. The van der Waals surface area contributed by atoms with Gasteiger partial charge < -0.3 is 14.3 Å². The zero-order chi connectivity index (χ0) is 22.9. The molecule has 0 unspecified atom stereocenters. The van der Waals surface area contributed by atoms with E-state index >= 15 is 0 Å². The standard InChI is InChI=1S/C25H18IN3O4/c1-2-32-21-12-15(11-18(26)23(21)30)14-27-29-24(22-13-16-7-3-6-10-20(16)33-22)28-19-9-5-4-8-17(19)25(29)31/h3-14,30H,2H2,1H3. The number of rotatable bonds is 5. The molecule has 0 radical (unpaired) electrons. The second-order valence-electron chi connectivity index (χ2n) is 7.25. The minimum absolute atomic E-state index is 0.0714. The SMILES string of the molecule is CCOc1cc(C=Nn2c(-c3cc4ccccc4o3)nc3ccccc3c2=O)cc(I)c1O. The van der Waals surface area contributed by atoms with E-state index in [1.54, 1.807) is 30.3 Å². The topological polar surface area (TPSA) is 89.9 Å². The van der Waals surface area contributed by atoms with Crippen molar-refractivity contribution in [2.24, 2.45) is 5.10 Å². The molecule has 2 heterocycles. The van der Waals surface area contributed by atoms with Gasteiger partial charge in [0, 0.05) is 5.39 Å². The van der Waals surface area contributed by atoms with Crippen LogP contribution in [0.2, 0.25) is 0 Å². The summed E-state index contributed by atoms with van der Waals surface area (Å²) in [7, 11) is 0. The quantitative estimate of drug-likeness (QED) is 0.234. The summed E-state index contributed by atoms with van der Waals surface area (Å²) in [5.74, 6) is 1.16. The summed E-state index contributed by atoms with van der Waals surface area (Å²) in [6, 6.07) is 20.0. The molecule has 3 aromatic carbocycles. The first-order valence-corrected chi connectivity index (χ1v) is 11.3. The summed E-state index contributed by atoms with van der Waals surface area (Å²) in [6.07, 6.45) is 1.54. The summed E-state index contributed by atoms with van der Waals surface area (Å²) in [4.78, 5) is 18.0. The number of nitrogens with zero attached hydrogens (tertiary/aromatic N) is 3. The molecular weight excluding hydrogens is 533 g/mol. The van der Waals surface area contributed by atoms with E-state index in [0.717, 1.165) is 5.39 Å². The van der Waals surface area contributed by atoms with Crippen LogP contribution in [-0.2, 0) is 0 Å². The normalized spacial score (nSPS) is 11.6. The monoisotopic (exact) mass is 551 g/mol. The van der Waals surface area contributed by atoms with Gasteiger partial charge in [-0.25, -0.2) is 4.98 Å². The number of furan rings is 1. The van der Waals surface area contributed by atoms with Crippen LogP contribution < -0.4 is 10.3 Å². The lowest BCUT2D eigenvalue weighted by molar-refractivity contribution is 0.317. The minimum atomic E-state index is -0.314. The summed E-state index contributed by atoms with van der Waals surface area (Å²) < 4.78 is 13.3. The Morgan fingerprint density at radius 2 is 1.94 bits per heavy atom. The lowest BCUT2D eigenvalue weighted by Gasteiger charge is -2.09. The number of ether oxygens (including phenoxy) is 1. The molecule has 0 bridgehead atoms. The molecule has 5 rings (SSSR count). The van der Waals surface area contributed by atoms with E-state index in [2.05, 4.69) is 10.1 Å². The zero-order valence-electron chi connectivity index (χ0n) is 17.5. The van der Waals surface area contributed by atoms with Gasteiger partial charge in [-0.2, -0.15) is 9.78 Å². The smallest absolute Gasteiger partial charge is 0.282 e. The van der Waals surface area contributed by atoms with Crippen LogP contribution in [0.4, 0.5) is 0 Å². The van der Waals surface area contributed by atoms with Crippen LogP contribution in [0.1, 0.15) is 12.5 Å². The van der Waals surface area contributed by atoms with Crippen LogP contribution in [0.5, 0.6) is 11.5 Å². The van der Waals surface area contributed by atoms with Gasteiger partial charge in [0.25, 0.3) is 5.56 Å². The highest BCUT2D eigenvalue weighted by Crippen LogP contribution is 2.32. The second-order valence-corrected chi connectivity index (χ2v) is 8.41. The third kappa shape index (κ3) is 3.97. The molecule has 0 fully saturated rings. The van der Waals surface area contributed by atoms with Gasteiger partial charge in [0.2, 0.25) is 5.82 Å². The van der Waals surface area contributed by atoms with Gasteiger partial charge in [-0.1, -0.05) is 30.3 Å². The zero-order valence-corrected chi connectivity index (χ0v) is 19.7. The molecule has 0 spiro atoms. The molecule has 0 amide bonds. The molecule has 0 aliphatic carbocycles. The Balaban J connectivity index is 1.69. The van der Waals surface area contributed by atoms with E-state index in [0.29, 0.717) is 49.6 Å². The number of aromatic hydroxyl groups is 1. The van der Waals surface area contributed by atoms with E-state index < -0.39 is 0 Å². The molecule has 7 nitrogen and oxygen atoms in total. The Hall–Kier alpha value is -3.66. The molecule has 8 heteroatoms. The highest BCUT2D eigenvalue weighted by molar-refractivity contribution is 14.1. The second kappa shape index (κ2) is 8.70. The van der Waals surface area contributed by atoms with Crippen LogP contribution in [0.15, 0.2) is 81.0 Å². The number of hydrogen-bond acceptors (Lipinski definition) is 6. The molecule has 0 aliphatic heterocycles. The van der Waals surface area contributed by atoms with Crippen molar-refractivity contribution in [1.82, 2.24) is 9.66 Å². The third-order valence-electron chi connectivity index (χ3n) is 5.07. The number of aromatic nitrogens is 2. The summed E-state index contributed by atoms with van der Waals surface area (Å²) >= 11 is 2.02. The molecule has 0 aliphatic rings. The molecule has 2 aromatic heterocycles. The first-order chi connectivity index (χ1) is 16.0. The number of fused-ring (bicyclic) bond motifs is 2. The molecular formula is C25H18IN3O4. The van der Waals surface area contributed by atoms with Gasteiger partial charge in [0.15, 0.2) is 17.3 Å². The van der Waals surface area contributed by atoms with Crippen molar-refractivity contribution in [3.05, 3.63) is 86.2 Å². The van der Waals surface area contributed by atoms with Crippen molar-refractivity contribution >= 4 is 50.7 Å². The molecule has 0 atom stereocenters. The van der Waals surface area contributed by atoms with E-state index in [1.165, 1.54) is 10.9 Å². The van der Waals surface area contributed by atoms with Gasteiger partial charge in [-0.15, -0.1) is 0 Å². The Morgan fingerprint density at radius 1 is 1.15 bits per heavy atom. The highest BCUT2D eigenvalue weighted by atomic mass is 127. The maximum absolute atomic E-state index is 13.4. The fourth-order valence-electron chi connectivity index (χ4n) is 3.54. The Kier molecular flexibility index (Phi) is 5.59. The lowest BCUT2D eigenvalue weighted by Crippen LogP contribution is -2.20. The largest absolute Gasteiger partial charge is 0.504 e. The van der Waals surface area contributed by atoms with Crippen molar-refractivity contribution in [2.45, 2.75) is 6.92 Å². The van der Waals surface area contributed by atoms with Crippen molar-refractivity contribution in [3.63, 3.8) is 0 Å². The molecule has 5 aromatic rings. The lowest BCUT2D eigenvalue weighted by atomic mass is 10.2. The number of halogens is 1. The van der Waals surface area contributed by atoms with Crippen molar-refractivity contribution in [1.29, 1.82) is 0 Å². The molecule has 1 N–H and O–H groups in total. The van der Waals surface area contributed by atoms with E-state index in [1.807, 2.05) is 65.9 Å². The fraction of sp³-hybridized carbons (Fsp3) is 0.0800. The highest BCUT2D eigenvalue weighted by Gasteiger charge is 2.16. The van der Waals surface area contributed by atoms with E-state index in [9.17, 15) is 9.90 Å². The van der Waals surface area contributed by atoms with E-state index in [4.69, 9.17) is 9.15 Å². The Bertz CT molecular complexity index is 1550. The average Bonchev–Trinajstić information content (AvgIpc) is 3.26. The predicted molar refractivity (Wildman–Crippen MR) is 136 cm³/mol. The van der Waals surface area contributed by atoms with Crippen LogP contribution >= 0.6 is 22.6 Å². The third-order valence-corrected chi connectivity index (χ3v) is 5.89. The average molecular weight is 551 g/mol. The van der Waals surface area contributed by atoms with Crippen molar-refractivity contribution in [3.8, 4) is 23.1 Å². The van der Waals surface area contributed by atoms with Crippen LogP contribution in [0, 0.1) is 3.57 Å². The van der Waals surface area contributed by atoms with Gasteiger partial charge in [0.1, 0.15) is 5.58 Å². The fourth-order valence-corrected chi connectivity index (χ4v) is 4.17. The van der Waals surface area contributed by atoms with Crippen molar-refractivity contribution in [2.75, 3.05) is 6.61 Å². The number of phenolic OH excluding ortho intramolecular Hbond substituents is 1. The van der Waals surface area contributed by atoms with Crippen LogP contribution in [-0.4, -0.2) is 27.6 Å². The molecule has 0 saturated heterocycles. The Labute approximate surface area is 202 Å².